The Morgan fingerprint density at radius 2 is 0.914 bits per heavy atom. The largest absolute Gasteiger partial charge is 0.456 e. The highest BCUT2D eigenvalue weighted by Crippen LogP contribution is 2.46. The van der Waals surface area contributed by atoms with Crippen LogP contribution in [0.2, 0.25) is 0 Å². The molecule has 4 heteroatoms. The van der Waals surface area contributed by atoms with Gasteiger partial charge >= 0.3 is 0 Å². The number of nitrogens with zero attached hydrogens (tertiary/aromatic N) is 2. The minimum absolute atomic E-state index is 0.903. The van der Waals surface area contributed by atoms with Crippen molar-refractivity contribution >= 4 is 109 Å². The van der Waals surface area contributed by atoms with Crippen molar-refractivity contribution in [3.8, 4) is 22.3 Å². The lowest BCUT2D eigenvalue weighted by atomic mass is 10.0. The fourth-order valence-electron chi connectivity index (χ4n) is 9.48. The number of para-hydroxylation sites is 4. The topological polar surface area (TPSA) is 20.8 Å². The van der Waals surface area contributed by atoms with Crippen LogP contribution in [0, 0.1) is 0 Å². The van der Waals surface area contributed by atoms with E-state index in [-0.39, 0.29) is 0 Å². The summed E-state index contributed by atoms with van der Waals surface area (Å²) in [5.41, 5.74) is 13.5. The molecule has 0 spiro atoms. The molecule has 4 heterocycles. The minimum Gasteiger partial charge on any atom is -0.456 e. The second-order valence-electron chi connectivity index (χ2n) is 15.3. The third-order valence-electron chi connectivity index (χ3n) is 12.1. The maximum atomic E-state index is 6.28. The second kappa shape index (κ2) is 12.1. The zero-order valence-electron chi connectivity index (χ0n) is 31.2. The summed E-state index contributed by atoms with van der Waals surface area (Å²) in [6, 6.07) is 70.8. The zero-order valence-corrected chi connectivity index (χ0v) is 32.0. The van der Waals surface area contributed by atoms with Crippen LogP contribution >= 0.6 is 11.3 Å². The highest BCUT2D eigenvalue weighted by atomic mass is 32.1. The molecule has 58 heavy (non-hydrogen) atoms. The molecule has 0 saturated heterocycles. The van der Waals surface area contributed by atoms with Crippen molar-refractivity contribution < 1.29 is 4.42 Å². The summed E-state index contributed by atoms with van der Waals surface area (Å²) in [4.78, 5) is 2.43. The van der Waals surface area contributed by atoms with Crippen molar-refractivity contribution in [1.29, 1.82) is 0 Å². The van der Waals surface area contributed by atoms with E-state index < -0.39 is 0 Å². The Kier molecular flexibility index (Phi) is 6.60. The van der Waals surface area contributed by atoms with Crippen LogP contribution in [0.4, 0.5) is 17.1 Å². The zero-order chi connectivity index (χ0) is 37.9. The van der Waals surface area contributed by atoms with Crippen molar-refractivity contribution in [2.24, 2.45) is 0 Å². The molecule has 3 nitrogen and oxygen atoms in total. The molecule has 0 aliphatic rings. The number of anilines is 3. The number of aromatic nitrogens is 1. The summed E-state index contributed by atoms with van der Waals surface area (Å²) in [5.74, 6) is 0. The Morgan fingerprint density at radius 3 is 1.71 bits per heavy atom. The van der Waals surface area contributed by atoms with Crippen LogP contribution in [-0.2, 0) is 0 Å². The van der Waals surface area contributed by atoms with Gasteiger partial charge < -0.3 is 13.7 Å². The van der Waals surface area contributed by atoms with E-state index in [4.69, 9.17) is 4.42 Å². The van der Waals surface area contributed by atoms with Gasteiger partial charge in [0.25, 0.3) is 0 Å². The average molecular weight is 757 g/mol. The third-order valence-corrected chi connectivity index (χ3v) is 13.3. The molecule has 0 atom stereocenters. The first-order valence-electron chi connectivity index (χ1n) is 19.7. The molecule has 4 aromatic heterocycles. The molecule has 0 fully saturated rings. The molecule has 0 aliphatic heterocycles. The quantitative estimate of drug-likeness (QED) is 0.174. The smallest absolute Gasteiger partial charge is 0.136 e. The number of hydrogen-bond donors (Lipinski definition) is 0. The summed E-state index contributed by atoms with van der Waals surface area (Å²) in [6.45, 7) is 0. The van der Waals surface area contributed by atoms with Gasteiger partial charge in [-0.25, -0.2) is 0 Å². The number of fused-ring (bicyclic) bond motifs is 12. The monoisotopic (exact) mass is 756 g/mol. The summed E-state index contributed by atoms with van der Waals surface area (Å²) in [7, 11) is 0. The van der Waals surface area contributed by atoms with E-state index >= 15 is 0 Å². The number of hydrogen-bond acceptors (Lipinski definition) is 3. The minimum atomic E-state index is 0.903. The molecule has 0 amide bonds. The van der Waals surface area contributed by atoms with Gasteiger partial charge in [0.05, 0.1) is 22.2 Å². The molecule has 9 aromatic carbocycles. The van der Waals surface area contributed by atoms with Gasteiger partial charge in [0.2, 0.25) is 0 Å². The Labute approximate surface area is 337 Å². The Bertz CT molecular complexity index is 3740. The average Bonchev–Trinajstić information content (AvgIpc) is 4.04. The van der Waals surface area contributed by atoms with Crippen LogP contribution in [0.1, 0.15) is 0 Å². The lowest BCUT2D eigenvalue weighted by Gasteiger charge is -2.27. The second-order valence-corrected chi connectivity index (χ2v) is 16.4. The van der Waals surface area contributed by atoms with Gasteiger partial charge in [0.1, 0.15) is 11.2 Å². The maximum absolute atomic E-state index is 6.28. The van der Waals surface area contributed by atoms with E-state index in [0.29, 0.717) is 0 Å². The molecule has 0 radical (unpaired) electrons. The van der Waals surface area contributed by atoms with Gasteiger partial charge in [0, 0.05) is 63.9 Å². The van der Waals surface area contributed by atoms with Crippen molar-refractivity contribution in [1.82, 2.24) is 4.40 Å². The number of furan rings is 1. The first-order chi connectivity index (χ1) is 28.7. The Hall–Kier alpha value is -7.40. The molecule has 0 saturated carbocycles. The SMILES string of the molecule is c1ccc2c(c1)oc1cc(-c3ccc(N(c4ccc(-c5ccc6sc7ccccc7c6c5)cc4)c4cccc5c6cccc7c8ccccc8n(c45)c76)cc3)ccc12. The third kappa shape index (κ3) is 4.55. The normalized spacial score (nSPS) is 12.1. The molecule has 13 rings (SSSR count). The summed E-state index contributed by atoms with van der Waals surface area (Å²) < 4.78 is 11.4. The molecule has 0 bridgehead atoms. The van der Waals surface area contributed by atoms with Gasteiger partial charge in [-0.05, 0) is 95.1 Å². The fraction of sp³-hybridized carbons (Fsp3) is 0. The van der Waals surface area contributed by atoms with Gasteiger partial charge in [-0.15, -0.1) is 11.3 Å². The lowest BCUT2D eigenvalue weighted by Crippen LogP contribution is -2.11. The molecule has 0 aliphatic carbocycles. The molecular formula is C54H32N2OS. The summed E-state index contributed by atoms with van der Waals surface area (Å²) >= 11 is 1.86. The molecule has 0 unspecified atom stereocenters. The van der Waals surface area contributed by atoms with Gasteiger partial charge in [-0.1, -0.05) is 121 Å². The highest BCUT2D eigenvalue weighted by molar-refractivity contribution is 7.25. The Balaban J connectivity index is 0.986. The van der Waals surface area contributed by atoms with Gasteiger partial charge in [-0.2, -0.15) is 0 Å². The van der Waals surface area contributed by atoms with E-state index in [1.54, 1.807) is 0 Å². The van der Waals surface area contributed by atoms with Crippen molar-refractivity contribution in [3.63, 3.8) is 0 Å². The van der Waals surface area contributed by atoms with Crippen molar-refractivity contribution in [2.75, 3.05) is 4.90 Å². The van der Waals surface area contributed by atoms with Crippen LogP contribution in [0.5, 0.6) is 0 Å². The summed E-state index contributed by atoms with van der Waals surface area (Å²) in [5, 5.41) is 9.99. The number of rotatable bonds is 5. The molecule has 0 N–H and O–H groups in total. The number of thiophene rings is 1. The van der Waals surface area contributed by atoms with E-state index in [0.717, 1.165) is 50.1 Å². The van der Waals surface area contributed by atoms with E-state index in [2.05, 4.69) is 191 Å². The van der Waals surface area contributed by atoms with Crippen LogP contribution in [-0.4, -0.2) is 4.40 Å². The number of benzene rings is 9. The van der Waals surface area contributed by atoms with Gasteiger partial charge in [-0.3, -0.25) is 0 Å². The van der Waals surface area contributed by atoms with E-state index in [1.807, 2.05) is 23.5 Å². The first-order valence-corrected chi connectivity index (χ1v) is 20.6. The van der Waals surface area contributed by atoms with E-state index in [9.17, 15) is 0 Å². The fourth-order valence-corrected chi connectivity index (χ4v) is 10.6. The predicted octanol–water partition coefficient (Wildman–Crippen LogP) is 15.9. The van der Waals surface area contributed by atoms with E-state index in [1.165, 1.54) is 69.4 Å². The maximum Gasteiger partial charge on any atom is 0.136 e. The Morgan fingerprint density at radius 1 is 0.362 bits per heavy atom. The molecule has 270 valence electrons. The molecular weight excluding hydrogens is 725 g/mol. The highest BCUT2D eigenvalue weighted by Gasteiger charge is 2.23. The van der Waals surface area contributed by atoms with Crippen LogP contribution in [0.3, 0.4) is 0 Å². The van der Waals surface area contributed by atoms with Crippen LogP contribution in [0.15, 0.2) is 199 Å². The predicted molar refractivity (Wildman–Crippen MR) is 247 cm³/mol. The summed E-state index contributed by atoms with van der Waals surface area (Å²) in [6.07, 6.45) is 0. The first kappa shape index (κ1) is 31.8. The molecule has 13 aromatic rings. The van der Waals surface area contributed by atoms with Crippen LogP contribution in [0.25, 0.3) is 102 Å². The van der Waals surface area contributed by atoms with Gasteiger partial charge in [0.15, 0.2) is 0 Å². The van der Waals surface area contributed by atoms with Crippen LogP contribution < -0.4 is 4.90 Å². The lowest BCUT2D eigenvalue weighted by molar-refractivity contribution is 0.669. The standard InChI is InChI=1S/C54H32N2OS/c1-4-15-47-39(9-1)43-12-7-13-44-45-14-8-16-48(54(45)56(47)53(43)44)55(37-25-19-33(20-26-37)35-24-30-52-46(31-35)42-11-3-6-18-51(42)58-52)38-27-21-34(22-28-38)36-23-29-41-40-10-2-5-17-49(40)57-50(41)32-36/h1-32H. The van der Waals surface area contributed by atoms with Crippen molar-refractivity contribution in [2.45, 2.75) is 0 Å². The van der Waals surface area contributed by atoms with Crippen molar-refractivity contribution in [3.05, 3.63) is 194 Å².